The van der Waals surface area contributed by atoms with Crippen LogP contribution in [0.3, 0.4) is 0 Å². The normalized spacial score (nSPS) is 18.9. The van der Waals surface area contributed by atoms with Crippen LogP contribution in [0.4, 0.5) is 13.2 Å². The van der Waals surface area contributed by atoms with Crippen molar-refractivity contribution < 1.29 is 22.4 Å². The van der Waals surface area contributed by atoms with E-state index >= 15 is 0 Å². The van der Waals surface area contributed by atoms with Crippen LogP contribution in [0.5, 0.6) is 0 Å². The standard InChI is InChI=1S/C11H16F3N3O2/c1-18-10(4-2-3-5-10)9-16-8(19-17-9)6-15-7-11(12,13)14/h15H,2-7H2,1H3. The van der Waals surface area contributed by atoms with Gasteiger partial charge in [0.15, 0.2) is 0 Å². The number of alkyl halides is 3. The van der Waals surface area contributed by atoms with Gasteiger partial charge in [0.05, 0.1) is 13.1 Å². The lowest BCUT2D eigenvalue weighted by molar-refractivity contribution is -0.125. The minimum absolute atomic E-state index is 0.105. The largest absolute Gasteiger partial charge is 0.401 e. The van der Waals surface area contributed by atoms with Crippen LogP contribution in [-0.2, 0) is 16.9 Å². The van der Waals surface area contributed by atoms with E-state index in [9.17, 15) is 13.2 Å². The highest BCUT2D eigenvalue weighted by Gasteiger charge is 2.40. The van der Waals surface area contributed by atoms with Gasteiger partial charge in [0, 0.05) is 7.11 Å². The summed E-state index contributed by atoms with van der Waals surface area (Å²) in [6.07, 6.45) is -0.604. The molecule has 0 aliphatic heterocycles. The Balaban J connectivity index is 1.95. The zero-order valence-corrected chi connectivity index (χ0v) is 10.6. The SMILES string of the molecule is COC1(c2noc(CNCC(F)(F)F)n2)CCCC1. The number of halogens is 3. The molecular weight excluding hydrogens is 263 g/mol. The molecule has 0 bridgehead atoms. The minimum atomic E-state index is -4.25. The molecule has 0 unspecified atom stereocenters. The monoisotopic (exact) mass is 279 g/mol. The third-order valence-electron chi connectivity index (χ3n) is 3.28. The maximum Gasteiger partial charge on any atom is 0.401 e. The molecule has 0 radical (unpaired) electrons. The van der Waals surface area contributed by atoms with Crippen molar-refractivity contribution >= 4 is 0 Å². The summed E-state index contributed by atoms with van der Waals surface area (Å²) in [4.78, 5) is 4.12. The second kappa shape index (κ2) is 5.46. The molecule has 5 nitrogen and oxygen atoms in total. The predicted octanol–water partition coefficient (Wildman–Crippen LogP) is 2.14. The number of rotatable bonds is 5. The Morgan fingerprint density at radius 2 is 2.05 bits per heavy atom. The summed E-state index contributed by atoms with van der Waals surface area (Å²) in [5.41, 5.74) is -0.536. The van der Waals surface area contributed by atoms with E-state index in [0.717, 1.165) is 25.7 Å². The first-order chi connectivity index (χ1) is 8.95. The summed E-state index contributed by atoms with van der Waals surface area (Å²) in [6, 6.07) is 0. The Morgan fingerprint density at radius 3 is 2.63 bits per heavy atom. The van der Waals surface area contributed by atoms with Gasteiger partial charge in [0.1, 0.15) is 5.60 Å². The highest BCUT2D eigenvalue weighted by molar-refractivity contribution is 5.04. The zero-order valence-electron chi connectivity index (χ0n) is 10.6. The number of ether oxygens (including phenoxy) is 1. The van der Waals surface area contributed by atoms with Gasteiger partial charge in [-0.1, -0.05) is 5.16 Å². The van der Waals surface area contributed by atoms with E-state index in [1.807, 2.05) is 0 Å². The second-order valence-electron chi connectivity index (χ2n) is 4.64. The summed E-state index contributed by atoms with van der Waals surface area (Å²) < 4.78 is 46.3. The molecule has 8 heteroatoms. The smallest absolute Gasteiger partial charge is 0.370 e. The number of methoxy groups -OCH3 is 1. The van der Waals surface area contributed by atoms with E-state index in [1.165, 1.54) is 0 Å². The van der Waals surface area contributed by atoms with Crippen molar-refractivity contribution in [2.45, 2.75) is 44.0 Å². The van der Waals surface area contributed by atoms with E-state index in [-0.39, 0.29) is 12.4 Å². The fourth-order valence-electron chi connectivity index (χ4n) is 2.29. The summed E-state index contributed by atoms with van der Waals surface area (Å²) >= 11 is 0. The Hall–Kier alpha value is -1.15. The molecule has 108 valence electrons. The Kier molecular flexibility index (Phi) is 4.10. The van der Waals surface area contributed by atoms with Crippen LogP contribution in [0.1, 0.15) is 37.4 Å². The first kappa shape index (κ1) is 14.3. The van der Waals surface area contributed by atoms with Crippen LogP contribution in [0, 0.1) is 0 Å². The van der Waals surface area contributed by atoms with Gasteiger partial charge in [-0.05, 0) is 25.7 Å². The number of nitrogens with zero attached hydrogens (tertiary/aromatic N) is 2. The summed E-state index contributed by atoms with van der Waals surface area (Å²) in [5.74, 6) is 0.568. The number of hydrogen-bond acceptors (Lipinski definition) is 5. The average molecular weight is 279 g/mol. The van der Waals surface area contributed by atoms with E-state index in [4.69, 9.17) is 9.26 Å². The van der Waals surface area contributed by atoms with Crippen LogP contribution in [0.25, 0.3) is 0 Å². The molecule has 1 saturated carbocycles. The first-order valence-corrected chi connectivity index (χ1v) is 6.11. The molecular formula is C11H16F3N3O2. The molecule has 2 rings (SSSR count). The lowest BCUT2D eigenvalue weighted by Gasteiger charge is -2.22. The van der Waals surface area contributed by atoms with Gasteiger partial charge in [0.25, 0.3) is 0 Å². The van der Waals surface area contributed by atoms with Crippen LogP contribution in [-0.4, -0.2) is 30.0 Å². The fourth-order valence-corrected chi connectivity index (χ4v) is 2.29. The molecule has 1 heterocycles. The van der Waals surface area contributed by atoms with Crippen molar-refractivity contribution in [2.24, 2.45) is 0 Å². The van der Waals surface area contributed by atoms with Crippen molar-refractivity contribution in [1.82, 2.24) is 15.5 Å². The van der Waals surface area contributed by atoms with E-state index < -0.39 is 18.3 Å². The van der Waals surface area contributed by atoms with E-state index in [2.05, 4.69) is 15.5 Å². The third kappa shape index (κ3) is 3.44. The summed E-state index contributed by atoms with van der Waals surface area (Å²) in [6.45, 7) is -1.19. The van der Waals surface area contributed by atoms with Crippen molar-refractivity contribution in [3.8, 4) is 0 Å². The topological polar surface area (TPSA) is 60.2 Å². The second-order valence-corrected chi connectivity index (χ2v) is 4.64. The third-order valence-corrected chi connectivity index (χ3v) is 3.28. The van der Waals surface area contributed by atoms with Crippen molar-refractivity contribution in [3.05, 3.63) is 11.7 Å². The zero-order chi connectivity index (χ0) is 13.9. The maximum absolute atomic E-state index is 12.0. The molecule has 0 spiro atoms. The molecule has 1 aliphatic carbocycles. The van der Waals surface area contributed by atoms with Gasteiger partial charge in [-0.2, -0.15) is 18.2 Å². The van der Waals surface area contributed by atoms with Crippen LogP contribution in [0.2, 0.25) is 0 Å². The van der Waals surface area contributed by atoms with Gasteiger partial charge >= 0.3 is 6.18 Å². The van der Waals surface area contributed by atoms with Crippen molar-refractivity contribution in [3.63, 3.8) is 0 Å². The lowest BCUT2D eigenvalue weighted by Crippen LogP contribution is -2.28. The summed E-state index contributed by atoms with van der Waals surface area (Å²) in [7, 11) is 1.59. The molecule has 19 heavy (non-hydrogen) atoms. The molecule has 1 fully saturated rings. The Bertz CT molecular complexity index is 414. The molecule has 0 aromatic carbocycles. The maximum atomic E-state index is 12.0. The molecule has 1 aromatic heterocycles. The minimum Gasteiger partial charge on any atom is -0.370 e. The molecule has 1 N–H and O–H groups in total. The van der Waals surface area contributed by atoms with Crippen molar-refractivity contribution in [2.75, 3.05) is 13.7 Å². The predicted molar refractivity (Wildman–Crippen MR) is 59.2 cm³/mol. The van der Waals surface area contributed by atoms with Gasteiger partial charge in [-0.3, -0.25) is 0 Å². The Labute approximate surface area is 108 Å². The first-order valence-electron chi connectivity index (χ1n) is 6.11. The summed E-state index contributed by atoms with van der Waals surface area (Å²) in [5, 5.41) is 6.04. The van der Waals surface area contributed by atoms with E-state index in [1.54, 1.807) is 7.11 Å². The molecule has 0 atom stereocenters. The number of aromatic nitrogens is 2. The van der Waals surface area contributed by atoms with Gasteiger partial charge in [-0.25, -0.2) is 0 Å². The Morgan fingerprint density at radius 1 is 1.37 bits per heavy atom. The van der Waals surface area contributed by atoms with Gasteiger partial charge in [-0.15, -0.1) is 0 Å². The van der Waals surface area contributed by atoms with Crippen LogP contribution in [0.15, 0.2) is 4.52 Å². The molecule has 0 saturated heterocycles. The number of nitrogens with one attached hydrogen (secondary N) is 1. The van der Waals surface area contributed by atoms with E-state index in [0.29, 0.717) is 5.82 Å². The number of hydrogen-bond donors (Lipinski definition) is 1. The van der Waals surface area contributed by atoms with Crippen LogP contribution >= 0.6 is 0 Å². The quantitative estimate of drug-likeness (QED) is 0.894. The van der Waals surface area contributed by atoms with Crippen molar-refractivity contribution in [1.29, 1.82) is 0 Å². The average Bonchev–Trinajstić information content (AvgIpc) is 2.95. The van der Waals surface area contributed by atoms with Gasteiger partial charge < -0.3 is 14.6 Å². The van der Waals surface area contributed by atoms with Crippen LogP contribution < -0.4 is 5.32 Å². The highest BCUT2D eigenvalue weighted by Crippen LogP contribution is 2.40. The molecule has 0 amide bonds. The fraction of sp³-hybridized carbons (Fsp3) is 0.818. The lowest BCUT2D eigenvalue weighted by atomic mass is 10.0. The molecule has 1 aromatic rings. The highest BCUT2D eigenvalue weighted by atomic mass is 19.4. The van der Waals surface area contributed by atoms with Gasteiger partial charge in [0.2, 0.25) is 11.7 Å². The molecule has 1 aliphatic rings.